The Morgan fingerprint density at radius 2 is 1.80 bits per heavy atom. The molecule has 0 radical (unpaired) electrons. The Bertz CT molecular complexity index is 639. The fraction of sp³-hybridized carbons (Fsp3) is 0.333. The molecule has 0 saturated carbocycles. The highest BCUT2D eigenvalue weighted by atomic mass is 35.5. The van der Waals surface area contributed by atoms with E-state index in [0.29, 0.717) is 28.6 Å². The number of carbonyl (C=O) groups excluding carboxylic acids is 2. The van der Waals surface area contributed by atoms with Gasteiger partial charge in [-0.05, 0) is 38.0 Å². The van der Waals surface area contributed by atoms with Crippen LogP contribution in [-0.2, 0) is 9.59 Å². The zero-order chi connectivity index (χ0) is 14.4. The lowest BCUT2D eigenvalue weighted by Crippen LogP contribution is -2.30. The van der Waals surface area contributed by atoms with Crippen LogP contribution in [0.15, 0.2) is 29.8 Å². The van der Waals surface area contributed by atoms with E-state index in [0.717, 1.165) is 0 Å². The van der Waals surface area contributed by atoms with E-state index in [4.69, 9.17) is 23.2 Å². The van der Waals surface area contributed by atoms with E-state index in [1.807, 2.05) is 13.0 Å². The number of benzene rings is 1. The lowest BCUT2D eigenvalue weighted by Gasteiger charge is -2.18. The van der Waals surface area contributed by atoms with Gasteiger partial charge < -0.3 is 0 Å². The maximum atomic E-state index is 12.5. The van der Waals surface area contributed by atoms with Crippen molar-refractivity contribution in [2.24, 2.45) is 11.8 Å². The monoisotopic (exact) mass is 309 g/mol. The third-order valence-corrected chi connectivity index (χ3v) is 4.72. The molecule has 1 aliphatic carbocycles. The van der Waals surface area contributed by atoms with Crippen LogP contribution < -0.4 is 4.90 Å². The third-order valence-electron chi connectivity index (χ3n) is 3.98. The third kappa shape index (κ3) is 2.05. The molecule has 1 heterocycles. The molecule has 0 unspecified atom stereocenters. The maximum absolute atomic E-state index is 12.5. The van der Waals surface area contributed by atoms with Crippen molar-refractivity contribution in [3.8, 4) is 0 Å². The summed E-state index contributed by atoms with van der Waals surface area (Å²) in [6, 6.07) is 4.82. The van der Waals surface area contributed by atoms with E-state index in [1.165, 1.54) is 10.5 Å². The molecule has 20 heavy (non-hydrogen) atoms. The summed E-state index contributed by atoms with van der Waals surface area (Å²) >= 11 is 11.8. The molecule has 2 amide bonds. The van der Waals surface area contributed by atoms with Crippen LogP contribution in [0.5, 0.6) is 0 Å². The number of hydrogen-bond acceptors (Lipinski definition) is 2. The molecule has 3 nitrogen and oxygen atoms in total. The van der Waals surface area contributed by atoms with Crippen molar-refractivity contribution in [3.63, 3.8) is 0 Å². The minimum atomic E-state index is -0.236. The highest BCUT2D eigenvalue weighted by Crippen LogP contribution is 2.40. The Morgan fingerprint density at radius 3 is 2.50 bits per heavy atom. The molecule has 1 fully saturated rings. The zero-order valence-electron chi connectivity index (χ0n) is 10.9. The summed E-state index contributed by atoms with van der Waals surface area (Å²) in [5, 5.41) is 0.749. The number of allylic oxidation sites excluding steroid dienone is 2. The smallest absolute Gasteiger partial charge is 0.238 e. The molecule has 2 aliphatic rings. The average Bonchev–Trinajstić information content (AvgIpc) is 2.65. The van der Waals surface area contributed by atoms with Crippen LogP contribution >= 0.6 is 23.2 Å². The second-order valence-corrected chi connectivity index (χ2v) is 6.13. The lowest BCUT2D eigenvalue weighted by atomic mass is 9.82. The van der Waals surface area contributed by atoms with Crippen molar-refractivity contribution in [3.05, 3.63) is 39.9 Å². The van der Waals surface area contributed by atoms with Gasteiger partial charge >= 0.3 is 0 Å². The maximum Gasteiger partial charge on any atom is 0.238 e. The van der Waals surface area contributed by atoms with Gasteiger partial charge in [-0.3, -0.25) is 9.59 Å². The Kier molecular flexibility index (Phi) is 3.35. The molecule has 0 aromatic heterocycles. The number of amides is 2. The molecule has 104 valence electrons. The summed E-state index contributed by atoms with van der Waals surface area (Å²) in [5.41, 5.74) is 1.67. The number of anilines is 1. The van der Waals surface area contributed by atoms with Crippen molar-refractivity contribution in [1.82, 2.24) is 0 Å². The van der Waals surface area contributed by atoms with Gasteiger partial charge in [-0.2, -0.15) is 0 Å². The van der Waals surface area contributed by atoms with E-state index in [2.05, 4.69) is 0 Å². The number of imide groups is 1. The molecule has 0 N–H and O–H groups in total. The molecule has 1 aromatic rings. The minimum Gasteiger partial charge on any atom is -0.274 e. The number of carbonyl (C=O) groups is 2. The first-order valence-corrected chi connectivity index (χ1v) is 7.23. The summed E-state index contributed by atoms with van der Waals surface area (Å²) in [6.45, 7) is 2.00. The molecule has 5 heteroatoms. The minimum absolute atomic E-state index is 0.133. The number of nitrogens with zero attached hydrogens (tertiary/aromatic N) is 1. The van der Waals surface area contributed by atoms with E-state index in [-0.39, 0.29) is 23.7 Å². The molecular weight excluding hydrogens is 297 g/mol. The van der Waals surface area contributed by atoms with Crippen molar-refractivity contribution in [2.75, 3.05) is 4.90 Å². The predicted octanol–water partition coefficient (Wildman–Crippen LogP) is 3.84. The Morgan fingerprint density at radius 1 is 1.10 bits per heavy atom. The van der Waals surface area contributed by atoms with Gasteiger partial charge in [0, 0.05) is 0 Å². The van der Waals surface area contributed by atoms with Crippen molar-refractivity contribution in [1.29, 1.82) is 0 Å². The van der Waals surface area contributed by atoms with Gasteiger partial charge in [0.15, 0.2) is 0 Å². The first-order valence-electron chi connectivity index (χ1n) is 6.47. The topological polar surface area (TPSA) is 37.4 Å². The van der Waals surface area contributed by atoms with Crippen LogP contribution in [0, 0.1) is 11.8 Å². The lowest BCUT2D eigenvalue weighted by molar-refractivity contribution is -0.122. The molecule has 0 spiro atoms. The highest BCUT2D eigenvalue weighted by Gasteiger charge is 2.48. The van der Waals surface area contributed by atoms with E-state index >= 15 is 0 Å². The number of rotatable bonds is 1. The highest BCUT2D eigenvalue weighted by molar-refractivity contribution is 6.42. The predicted molar refractivity (Wildman–Crippen MR) is 78.9 cm³/mol. The number of halogens is 2. The summed E-state index contributed by atoms with van der Waals surface area (Å²) < 4.78 is 0. The SMILES string of the molecule is CC1=CC[C@H]2C(=O)N(c3ccc(Cl)c(Cl)c3)C(=O)[C@H]2C1. The molecule has 3 rings (SSSR count). The van der Waals surface area contributed by atoms with E-state index in [9.17, 15) is 9.59 Å². The second-order valence-electron chi connectivity index (χ2n) is 5.31. The van der Waals surface area contributed by atoms with Crippen molar-refractivity contribution >= 4 is 40.7 Å². The Hall–Kier alpha value is -1.32. The van der Waals surface area contributed by atoms with Crippen LogP contribution in [-0.4, -0.2) is 11.8 Å². The molecule has 2 atom stereocenters. The average molecular weight is 310 g/mol. The first-order chi connectivity index (χ1) is 9.49. The fourth-order valence-corrected chi connectivity index (χ4v) is 3.21. The van der Waals surface area contributed by atoms with E-state index < -0.39 is 0 Å². The quantitative estimate of drug-likeness (QED) is 0.584. The fourth-order valence-electron chi connectivity index (χ4n) is 2.92. The molecule has 1 aromatic carbocycles. The normalized spacial score (nSPS) is 25.8. The molecule has 1 aliphatic heterocycles. The van der Waals surface area contributed by atoms with Gasteiger partial charge in [-0.15, -0.1) is 0 Å². The summed E-state index contributed by atoms with van der Waals surface area (Å²) in [7, 11) is 0. The number of hydrogen-bond donors (Lipinski definition) is 0. The largest absolute Gasteiger partial charge is 0.274 e. The standard InChI is InChI=1S/C15H13Cl2NO2/c1-8-2-4-10-11(6-8)15(20)18(14(10)19)9-3-5-12(16)13(17)7-9/h2-3,5,7,10-11H,4,6H2,1H3/t10-,11+/m1/s1. The van der Waals surface area contributed by atoms with Crippen molar-refractivity contribution < 1.29 is 9.59 Å². The second kappa shape index (κ2) is 4.90. The summed E-state index contributed by atoms with van der Waals surface area (Å²) in [5.74, 6) is -0.740. The van der Waals surface area contributed by atoms with Gasteiger partial charge in [-0.25, -0.2) is 4.90 Å². The zero-order valence-corrected chi connectivity index (χ0v) is 12.4. The van der Waals surface area contributed by atoms with E-state index in [1.54, 1.807) is 18.2 Å². The summed E-state index contributed by atoms with van der Waals surface area (Å²) in [6.07, 6.45) is 3.34. The Labute approximate surface area is 127 Å². The molecule has 1 saturated heterocycles. The van der Waals surface area contributed by atoms with Gasteiger partial charge in [0.1, 0.15) is 0 Å². The summed E-state index contributed by atoms with van der Waals surface area (Å²) in [4.78, 5) is 26.2. The van der Waals surface area contributed by atoms with Gasteiger partial charge in [0.25, 0.3) is 0 Å². The molecular formula is C15H13Cl2NO2. The molecule has 0 bridgehead atoms. The van der Waals surface area contributed by atoms with Crippen LogP contribution in [0.2, 0.25) is 10.0 Å². The van der Waals surface area contributed by atoms with Crippen molar-refractivity contribution in [2.45, 2.75) is 19.8 Å². The van der Waals surface area contributed by atoms with Crippen LogP contribution in [0.25, 0.3) is 0 Å². The first kappa shape index (κ1) is 13.7. The van der Waals surface area contributed by atoms with Crippen LogP contribution in [0.1, 0.15) is 19.8 Å². The number of fused-ring (bicyclic) bond motifs is 1. The van der Waals surface area contributed by atoms with Gasteiger partial charge in [0.05, 0.1) is 27.6 Å². The van der Waals surface area contributed by atoms with Gasteiger partial charge in [0.2, 0.25) is 11.8 Å². The van der Waals surface area contributed by atoms with Crippen LogP contribution in [0.3, 0.4) is 0 Å². The van der Waals surface area contributed by atoms with Gasteiger partial charge in [-0.1, -0.05) is 34.9 Å². The Balaban J connectivity index is 1.97. The van der Waals surface area contributed by atoms with Crippen LogP contribution in [0.4, 0.5) is 5.69 Å².